The van der Waals surface area contributed by atoms with Crippen molar-refractivity contribution in [2.24, 2.45) is 5.92 Å². The van der Waals surface area contributed by atoms with E-state index in [-0.39, 0.29) is 11.4 Å². The molecule has 0 amide bonds. The number of aromatic hydroxyl groups is 1. The van der Waals surface area contributed by atoms with E-state index in [2.05, 4.69) is 0 Å². The maximum atomic E-state index is 12.7. The molecule has 9 heteroatoms. The molecule has 0 aromatic heterocycles. The van der Waals surface area contributed by atoms with E-state index in [1.807, 2.05) is 5.09 Å². The summed E-state index contributed by atoms with van der Waals surface area (Å²) in [5.74, 6) is -4.09. The predicted octanol–water partition coefficient (Wildman–Crippen LogP) is 1.27. The second-order valence-corrected chi connectivity index (χ2v) is 6.69. The Morgan fingerprint density at radius 1 is 1.17 bits per heavy atom. The highest BCUT2D eigenvalue weighted by Gasteiger charge is 2.37. The topological polar surface area (TPSA) is 144 Å². The smallest absolute Gasteiger partial charge is 0.427 e. The van der Waals surface area contributed by atoms with Crippen LogP contribution in [-0.2, 0) is 14.2 Å². The molecule has 0 saturated heterocycles. The van der Waals surface area contributed by atoms with E-state index >= 15 is 0 Å². The second kappa shape index (κ2) is 6.60. The van der Waals surface area contributed by atoms with Crippen molar-refractivity contribution < 1.29 is 34.2 Å². The van der Waals surface area contributed by atoms with Gasteiger partial charge < -0.3 is 20.0 Å². The monoisotopic (exact) mass is 353 g/mol. The summed E-state index contributed by atoms with van der Waals surface area (Å²) in [6.45, 7) is 1.54. The molecular formula is C15H16NO7P. The fourth-order valence-electron chi connectivity index (χ4n) is 2.40. The largest absolute Gasteiger partial charge is 0.508 e. The van der Waals surface area contributed by atoms with Gasteiger partial charge in [0.05, 0.1) is 0 Å². The number of benzene rings is 1. The molecule has 1 aromatic carbocycles. The third kappa shape index (κ3) is 4.11. The predicted molar refractivity (Wildman–Crippen MR) is 84.0 cm³/mol. The number of aliphatic hydroxyl groups excluding tert-OH is 1. The van der Waals surface area contributed by atoms with Gasteiger partial charge in [-0.2, -0.15) is 0 Å². The fourth-order valence-corrected chi connectivity index (χ4v) is 2.93. The number of carbonyl (C=O) groups excluding carboxylic acids is 2. The van der Waals surface area contributed by atoms with Gasteiger partial charge in [-0.05, 0) is 17.7 Å². The summed E-state index contributed by atoms with van der Waals surface area (Å²) in [4.78, 5) is 42.8. The lowest BCUT2D eigenvalue weighted by molar-refractivity contribution is -0.129. The molecule has 24 heavy (non-hydrogen) atoms. The zero-order valence-corrected chi connectivity index (χ0v) is 13.5. The maximum Gasteiger partial charge on any atom is 0.427 e. The standard InChI is InChI=1S/C15H16NO7P/c1-8(9-2-4-10(17)5-3-9)15(20)14-12(16-24(21,22)23)6-11(18)7-13(14)19/h2-8,14,17-18H,1H3,(H3,16,21,22,23). The number of Topliss-reactive ketones (excluding diaryl/α,β-unsaturated/α-hetero) is 1. The number of nitrogens with one attached hydrogen (secondary N) is 1. The maximum absolute atomic E-state index is 12.7. The Labute approximate surface area is 137 Å². The van der Waals surface area contributed by atoms with Crippen molar-refractivity contribution in [1.29, 1.82) is 0 Å². The van der Waals surface area contributed by atoms with E-state index in [9.17, 15) is 24.4 Å². The van der Waals surface area contributed by atoms with Crippen molar-refractivity contribution in [1.82, 2.24) is 5.09 Å². The van der Waals surface area contributed by atoms with Crippen LogP contribution < -0.4 is 5.09 Å². The number of phenolic OH excluding ortho intramolecular Hbond substituents is 1. The average molecular weight is 353 g/mol. The van der Waals surface area contributed by atoms with Crippen LogP contribution in [0.4, 0.5) is 0 Å². The van der Waals surface area contributed by atoms with Crippen molar-refractivity contribution in [3.8, 4) is 5.75 Å². The fraction of sp³-hybridized carbons (Fsp3) is 0.200. The van der Waals surface area contributed by atoms with Crippen LogP contribution in [0, 0.1) is 5.92 Å². The molecule has 0 radical (unpaired) electrons. The molecule has 1 aliphatic rings. The minimum Gasteiger partial charge on any atom is -0.508 e. The average Bonchev–Trinajstić information content (AvgIpc) is 2.44. The number of rotatable bonds is 5. The number of aliphatic hydroxyl groups is 1. The van der Waals surface area contributed by atoms with Crippen LogP contribution in [0.1, 0.15) is 18.4 Å². The summed E-state index contributed by atoms with van der Waals surface area (Å²) < 4.78 is 11.1. The molecule has 2 unspecified atom stereocenters. The van der Waals surface area contributed by atoms with Crippen LogP contribution in [0.5, 0.6) is 5.75 Å². The Morgan fingerprint density at radius 3 is 2.29 bits per heavy atom. The van der Waals surface area contributed by atoms with E-state index in [4.69, 9.17) is 9.79 Å². The van der Waals surface area contributed by atoms with Crippen LogP contribution in [0.2, 0.25) is 0 Å². The Kier molecular flexibility index (Phi) is 4.94. The second-order valence-electron chi connectivity index (χ2n) is 5.38. The highest BCUT2D eigenvalue weighted by atomic mass is 31.2. The number of hydrogen-bond acceptors (Lipinski definition) is 5. The number of allylic oxidation sites excluding steroid dienone is 3. The van der Waals surface area contributed by atoms with Crippen molar-refractivity contribution in [2.45, 2.75) is 12.8 Å². The summed E-state index contributed by atoms with van der Waals surface area (Å²) in [6, 6.07) is 5.80. The van der Waals surface area contributed by atoms with E-state index in [0.717, 1.165) is 12.2 Å². The Balaban J connectivity index is 2.34. The molecule has 0 bridgehead atoms. The zero-order valence-electron chi connectivity index (χ0n) is 12.6. The summed E-state index contributed by atoms with van der Waals surface area (Å²) in [7, 11) is -4.77. The van der Waals surface area contributed by atoms with E-state index in [1.165, 1.54) is 31.2 Å². The Bertz CT molecular complexity index is 776. The first-order valence-corrected chi connectivity index (χ1v) is 8.52. The van der Waals surface area contributed by atoms with Gasteiger partial charge in [-0.3, -0.25) is 14.7 Å². The van der Waals surface area contributed by atoms with Crippen molar-refractivity contribution >= 4 is 19.3 Å². The third-order valence-corrected chi connectivity index (χ3v) is 4.12. The normalized spacial score (nSPS) is 19.3. The van der Waals surface area contributed by atoms with Crippen LogP contribution in [0.15, 0.2) is 47.9 Å². The molecule has 128 valence electrons. The molecular weight excluding hydrogens is 337 g/mol. The molecule has 0 aliphatic heterocycles. The van der Waals surface area contributed by atoms with Gasteiger partial charge in [0.25, 0.3) is 0 Å². The summed E-state index contributed by atoms with van der Waals surface area (Å²) in [6.07, 6.45) is 1.77. The van der Waals surface area contributed by atoms with Gasteiger partial charge in [0.2, 0.25) is 0 Å². The first kappa shape index (κ1) is 17.9. The lowest BCUT2D eigenvalue weighted by atomic mass is 9.82. The summed E-state index contributed by atoms with van der Waals surface area (Å²) in [5, 5.41) is 20.6. The van der Waals surface area contributed by atoms with Gasteiger partial charge in [-0.15, -0.1) is 0 Å². The van der Waals surface area contributed by atoms with Crippen LogP contribution in [0.3, 0.4) is 0 Å². The van der Waals surface area contributed by atoms with E-state index in [0.29, 0.717) is 5.56 Å². The third-order valence-electron chi connectivity index (χ3n) is 3.57. The zero-order chi connectivity index (χ0) is 18.1. The molecule has 2 atom stereocenters. The number of hydrogen-bond donors (Lipinski definition) is 5. The summed E-state index contributed by atoms with van der Waals surface area (Å²) >= 11 is 0. The highest BCUT2D eigenvalue weighted by Crippen LogP contribution is 2.36. The van der Waals surface area contributed by atoms with Gasteiger partial charge in [-0.1, -0.05) is 19.1 Å². The molecule has 1 aliphatic carbocycles. The minimum absolute atomic E-state index is 0.0174. The Morgan fingerprint density at radius 2 is 1.75 bits per heavy atom. The number of phenols is 1. The minimum atomic E-state index is -4.77. The van der Waals surface area contributed by atoms with Crippen molar-refractivity contribution in [2.75, 3.05) is 0 Å². The highest BCUT2D eigenvalue weighted by molar-refractivity contribution is 7.49. The molecule has 0 spiro atoms. The Hall–Kier alpha value is -2.41. The first-order chi connectivity index (χ1) is 11.1. The van der Waals surface area contributed by atoms with Crippen molar-refractivity contribution in [3.05, 3.63) is 53.4 Å². The molecule has 1 aromatic rings. The lowest BCUT2D eigenvalue weighted by Crippen LogP contribution is -2.35. The van der Waals surface area contributed by atoms with Gasteiger partial charge in [0.1, 0.15) is 17.4 Å². The van der Waals surface area contributed by atoms with Crippen molar-refractivity contribution in [3.63, 3.8) is 0 Å². The van der Waals surface area contributed by atoms with E-state index in [1.54, 1.807) is 0 Å². The molecule has 0 fully saturated rings. The molecule has 5 N–H and O–H groups in total. The van der Waals surface area contributed by atoms with Gasteiger partial charge in [0, 0.05) is 23.8 Å². The van der Waals surface area contributed by atoms with Crippen LogP contribution >= 0.6 is 7.75 Å². The quantitative estimate of drug-likeness (QED) is 0.393. The van der Waals surface area contributed by atoms with Gasteiger partial charge in [-0.25, -0.2) is 4.57 Å². The molecule has 2 rings (SSSR count). The SMILES string of the molecule is CC(C(=O)C1C(=O)C=C(O)C=C1NP(=O)(O)O)c1ccc(O)cc1. The summed E-state index contributed by atoms with van der Waals surface area (Å²) in [5.41, 5.74) is 0.170. The van der Waals surface area contributed by atoms with Gasteiger partial charge >= 0.3 is 7.75 Å². The number of ketones is 2. The van der Waals surface area contributed by atoms with Crippen LogP contribution in [0.25, 0.3) is 0 Å². The molecule has 8 nitrogen and oxygen atoms in total. The van der Waals surface area contributed by atoms with E-state index < -0.39 is 36.9 Å². The lowest BCUT2D eigenvalue weighted by Gasteiger charge is -2.24. The molecule has 0 heterocycles. The molecule has 0 saturated carbocycles. The first-order valence-electron chi connectivity index (χ1n) is 6.91. The van der Waals surface area contributed by atoms with Crippen LogP contribution in [-0.4, -0.2) is 31.6 Å². The number of carbonyl (C=O) groups is 2. The van der Waals surface area contributed by atoms with Gasteiger partial charge in [0.15, 0.2) is 11.6 Å².